The van der Waals surface area contributed by atoms with Gasteiger partial charge in [-0.1, -0.05) is 19.1 Å². The zero-order valence-electron chi connectivity index (χ0n) is 8.37. The Morgan fingerprint density at radius 3 is 2.71 bits per heavy atom. The smallest absolute Gasteiger partial charge is 0.133 e. The molecule has 2 nitrogen and oxygen atoms in total. The number of hydrogen-bond acceptors (Lipinski definition) is 2. The Hall–Kier alpha value is -0.540. The number of hydrogen-bond donors (Lipinski definition) is 1. The third-order valence-corrected chi connectivity index (χ3v) is 2.88. The molecule has 0 radical (unpaired) electrons. The summed E-state index contributed by atoms with van der Waals surface area (Å²) in [6, 6.07) is 7.85. The van der Waals surface area contributed by atoms with Gasteiger partial charge in [-0.3, -0.25) is 0 Å². The van der Waals surface area contributed by atoms with E-state index in [9.17, 15) is 0 Å². The fraction of sp³-hybridized carbons (Fsp3) is 0.455. The quantitative estimate of drug-likeness (QED) is 0.881. The van der Waals surface area contributed by atoms with Crippen molar-refractivity contribution in [1.82, 2.24) is 0 Å². The Kier molecular flexibility index (Phi) is 4.98. The molecule has 1 rings (SSSR count). The van der Waals surface area contributed by atoms with Gasteiger partial charge in [-0.15, -0.1) is 0 Å². The lowest BCUT2D eigenvalue weighted by molar-refractivity contribution is 0.247. The van der Waals surface area contributed by atoms with Crippen molar-refractivity contribution in [3.8, 4) is 5.75 Å². The molecule has 1 aromatic rings. The standard InChI is InChI=1S/C11H16BrNO/c1-2-9(7-13)8-14-11-6-4-3-5-10(11)12/h3-6,9H,2,7-8,13H2,1H3. The molecular formula is C11H16BrNO. The number of halogens is 1. The second-order valence-electron chi connectivity index (χ2n) is 3.25. The van der Waals surface area contributed by atoms with Gasteiger partial charge in [0.1, 0.15) is 5.75 Å². The summed E-state index contributed by atoms with van der Waals surface area (Å²) in [5.74, 6) is 1.33. The van der Waals surface area contributed by atoms with Gasteiger partial charge in [0, 0.05) is 5.92 Å². The first-order valence-electron chi connectivity index (χ1n) is 4.85. The van der Waals surface area contributed by atoms with Crippen LogP contribution in [0.4, 0.5) is 0 Å². The van der Waals surface area contributed by atoms with Crippen LogP contribution in [0, 0.1) is 5.92 Å². The van der Waals surface area contributed by atoms with Crippen LogP contribution in [0.15, 0.2) is 28.7 Å². The molecule has 1 aromatic carbocycles. The largest absolute Gasteiger partial charge is 0.492 e. The molecule has 0 aliphatic rings. The third-order valence-electron chi connectivity index (χ3n) is 2.22. The minimum atomic E-state index is 0.446. The Morgan fingerprint density at radius 2 is 2.14 bits per heavy atom. The van der Waals surface area contributed by atoms with Gasteiger partial charge < -0.3 is 10.5 Å². The van der Waals surface area contributed by atoms with E-state index in [1.54, 1.807) is 0 Å². The molecule has 0 amide bonds. The number of rotatable bonds is 5. The van der Waals surface area contributed by atoms with Crippen molar-refractivity contribution in [2.24, 2.45) is 11.7 Å². The van der Waals surface area contributed by atoms with E-state index in [1.165, 1.54) is 0 Å². The van der Waals surface area contributed by atoms with Crippen molar-refractivity contribution in [3.63, 3.8) is 0 Å². The molecule has 0 fully saturated rings. The first kappa shape index (κ1) is 11.5. The van der Waals surface area contributed by atoms with Gasteiger partial charge in [0.15, 0.2) is 0 Å². The van der Waals surface area contributed by atoms with Crippen molar-refractivity contribution in [2.75, 3.05) is 13.2 Å². The highest BCUT2D eigenvalue weighted by Crippen LogP contribution is 2.24. The Bertz CT molecular complexity index is 274. The van der Waals surface area contributed by atoms with E-state index in [1.807, 2.05) is 24.3 Å². The lowest BCUT2D eigenvalue weighted by atomic mass is 10.1. The second kappa shape index (κ2) is 6.04. The summed E-state index contributed by atoms with van der Waals surface area (Å²) in [4.78, 5) is 0. The minimum Gasteiger partial charge on any atom is -0.492 e. The van der Waals surface area contributed by atoms with Crippen molar-refractivity contribution < 1.29 is 4.74 Å². The Labute approximate surface area is 93.6 Å². The summed E-state index contributed by atoms with van der Waals surface area (Å²) >= 11 is 3.43. The van der Waals surface area contributed by atoms with Crippen LogP contribution in [0.5, 0.6) is 5.75 Å². The van der Waals surface area contributed by atoms with E-state index >= 15 is 0 Å². The molecule has 0 saturated carbocycles. The van der Waals surface area contributed by atoms with E-state index in [0.717, 1.165) is 16.6 Å². The van der Waals surface area contributed by atoms with Crippen LogP contribution in [0.25, 0.3) is 0 Å². The van der Waals surface area contributed by atoms with Crippen LogP contribution < -0.4 is 10.5 Å². The van der Waals surface area contributed by atoms with E-state index in [0.29, 0.717) is 19.1 Å². The summed E-state index contributed by atoms with van der Waals surface area (Å²) < 4.78 is 6.65. The Morgan fingerprint density at radius 1 is 1.43 bits per heavy atom. The van der Waals surface area contributed by atoms with Gasteiger partial charge in [0.05, 0.1) is 11.1 Å². The number of para-hydroxylation sites is 1. The predicted octanol–water partition coefficient (Wildman–Crippen LogP) is 2.81. The van der Waals surface area contributed by atoms with E-state index in [2.05, 4.69) is 22.9 Å². The van der Waals surface area contributed by atoms with Crippen LogP contribution in [-0.4, -0.2) is 13.2 Å². The minimum absolute atomic E-state index is 0.446. The van der Waals surface area contributed by atoms with Crippen molar-refractivity contribution in [3.05, 3.63) is 28.7 Å². The van der Waals surface area contributed by atoms with Crippen LogP contribution in [-0.2, 0) is 0 Å². The maximum Gasteiger partial charge on any atom is 0.133 e. The lowest BCUT2D eigenvalue weighted by Crippen LogP contribution is -2.20. The molecule has 0 aliphatic heterocycles. The van der Waals surface area contributed by atoms with Crippen LogP contribution in [0.1, 0.15) is 13.3 Å². The highest BCUT2D eigenvalue weighted by atomic mass is 79.9. The van der Waals surface area contributed by atoms with E-state index < -0.39 is 0 Å². The van der Waals surface area contributed by atoms with Crippen molar-refractivity contribution >= 4 is 15.9 Å². The maximum atomic E-state index is 5.65. The SMILES string of the molecule is CCC(CN)COc1ccccc1Br. The molecule has 0 aliphatic carbocycles. The molecule has 0 aromatic heterocycles. The predicted molar refractivity (Wildman–Crippen MR) is 62.5 cm³/mol. The molecule has 2 N–H and O–H groups in total. The van der Waals surface area contributed by atoms with Gasteiger partial charge in [-0.05, 0) is 41.0 Å². The molecule has 78 valence electrons. The molecule has 0 saturated heterocycles. The molecule has 0 spiro atoms. The topological polar surface area (TPSA) is 35.2 Å². The summed E-state index contributed by atoms with van der Waals surface area (Å²) in [5, 5.41) is 0. The highest BCUT2D eigenvalue weighted by Gasteiger charge is 2.05. The average Bonchev–Trinajstić information content (AvgIpc) is 2.22. The summed E-state index contributed by atoms with van der Waals surface area (Å²) in [6.45, 7) is 3.50. The Balaban J connectivity index is 2.49. The fourth-order valence-corrected chi connectivity index (χ4v) is 1.52. The van der Waals surface area contributed by atoms with Crippen molar-refractivity contribution in [1.29, 1.82) is 0 Å². The summed E-state index contributed by atoms with van der Waals surface area (Å²) in [7, 11) is 0. The molecule has 0 heterocycles. The van der Waals surface area contributed by atoms with Gasteiger partial charge in [0.25, 0.3) is 0 Å². The molecule has 0 bridgehead atoms. The normalized spacial score (nSPS) is 12.5. The zero-order chi connectivity index (χ0) is 10.4. The summed E-state index contributed by atoms with van der Waals surface area (Å²) in [5.41, 5.74) is 5.59. The molecule has 1 unspecified atom stereocenters. The van der Waals surface area contributed by atoms with Crippen LogP contribution >= 0.6 is 15.9 Å². The van der Waals surface area contributed by atoms with Gasteiger partial charge in [0.2, 0.25) is 0 Å². The number of nitrogens with two attached hydrogens (primary N) is 1. The monoisotopic (exact) mass is 257 g/mol. The third kappa shape index (κ3) is 3.31. The molecular weight excluding hydrogens is 242 g/mol. The van der Waals surface area contributed by atoms with E-state index in [-0.39, 0.29) is 0 Å². The molecule has 14 heavy (non-hydrogen) atoms. The number of ether oxygens (including phenoxy) is 1. The van der Waals surface area contributed by atoms with Crippen LogP contribution in [0.2, 0.25) is 0 Å². The average molecular weight is 258 g/mol. The van der Waals surface area contributed by atoms with Gasteiger partial charge >= 0.3 is 0 Å². The van der Waals surface area contributed by atoms with Gasteiger partial charge in [-0.25, -0.2) is 0 Å². The summed E-state index contributed by atoms with van der Waals surface area (Å²) in [6.07, 6.45) is 1.06. The molecule has 1 atom stereocenters. The first-order valence-corrected chi connectivity index (χ1v) is 5.64. The zero-order valence-corrected chi connectivity index (χ0v) is 9.96. The second-order valence-corrected chi connectivity index (χ2v) is 4.11. The molecule has 3 heteroatoms. The van der Waals surface area contributed by atoms with Crippen molar-refractivity contribution in [2.45, 2.75) is 13.3 Å². The first-order chi connectivity index (χ1) is 6.77. The number of benzene rings is 1. The highest BCUT2D eigenvalue weighted by molar-refractivity contribution is 9.10. The maximum absolute atomic E-state index is 5.65. The van der Waals surface area contributed by atoms with Gasteiger partial charge in [-0.2, -0.15) is 0 Å². The lowest BCUT2D eigenvalue weighted by Gasteiger charge is -2.14. The van der Waals surface area contributed by atoms with E-state index in [4.69, 9.17) is 10.5 Å². The fourth-order valence-electron chi connectivity index (χ4n) is 1.12. The van der Waals surface area contributed by atoms with Crippen LogP contribution in [0.3, 0.4) is 0 Å².